The summed E-state index contributed by atoms with van der Waals surface area (Å²) in [6, 6.07) is 15.5. The van der Waals surface area contributed by atoms with E-state index in [0.29, 0.717) is 30.2 Å². The molecule has 2 aliphatic rings. The van der Waals surface area contributed by atoms with Gasteiger partial charge < -0.3 is 45.4 Å². The fourth-order valence-corrected chi connectivity index (χ4v) is 7.71. The molecule has 2 saturated heterocycles. The van der Waals surface area contributed by atoms with Crippen LogP contribution in [-0.4, -0.2) is 109 Å². The molecule has 15 nitrogen and oxygen atoms in total. The number of carbonyl (C=O) groups excluding carboxylic acids is 6. The van der Waals surface area contributed by atoms with Crippen LogP contribution in [0.15, 0.2) is 72.8 Å². The molecule has 4 N–H and O–H groups in total. The normalized spacial score (nSPS) is 19.5. The van der Waals surface area contributed by atoms with Crippen molar-refractivity contribution in [2.45, 2.75) is 104 Å². The third kappa shape index (κ3) is 12.4. The molecule has 0 aromatic heterocycles. The first kappa shape index (κ1) is 48.7. The predicted octanol–water partition coefficient (Wildman–Crippen LogP) is 6.33. The van der Waals surface area contributed by atoms with Crippen LogP contribution in [0, 0.1) is 16.6 Å². The molecular weight excluding hydrogens is 836 g/mol. The first-order valence-corrected chi connectivity index (χ1v) is 21.0. The van der Waals surface area contributed by atoms with Crippen molar-refractivity contribution in [2.75, 3.05) is 42.8 Å². The zero-order valence-electron chi connectivity index (χ0n) is 37.4. The van der Waals surface area contributed by atoms with Gasteiger partial charge in [0, 0.05) is 43.0 Å². The number of ether oxygens (including phenoxy) is 2. The number of nitrogens with one attached hydrogen (secondary N) is 4. The number of amides is 6. The maximum atomic E-state index is 14.8. The highest BCUT2D eigenvalue weighted by Crippen LogP contribution is 2.30. The van der Waals surface area contributed by atoms with Crippen LogP contribution in [0.1, 0.15) is 65.5 Å². The number of hydrogen-bond acceptors (Lipinski definition) is 9. The Bertz CT molecular complexity index is 2020. The van der Waals surface area contributed by atoms with E-state index in [1.807, 2.05) is 4.90 Å². The van der Waals surface area contributed by atoms with Gasteiger partial charge in [-0.2, -0.15) is 0 Å². The molecule has 64 heavy (non-hydrogen) atoms. The van der Waals surface area contributed by atoms with Gasteiger partial charge in [-0.15, -0.1) is 0 Å². The van der Waals surface area contributed by atoms with Crippen molar-refractivity contribution < 1.29 is 51.4 Å². The predicted molar refractivity (Wildman–Crippen MR) is 234 cm³/mol. The number of benzene rings is 3. The van der Waals surface area contributed by atoms with Crippen LogP contribution in [0.4, 0.5) is 39.8 Å². The summed E-state index contributed by atoms with van der Waals surface area (Å²) in [5.74, 6) is -2.77. The number of halogens is 3. The third-order valence-corrected chi connectivity index (χ3v) is 11.2. The number of hydrogen-bond donors (Lipinski definition) is 4. The molecular formula is C46H58F3N7O8. The molecule has 2 fully saturated rings. The lowest BCUT2D eigenvalue weighted by Gasteiger charge is -2.34. The van der Waals surface area contributed by atoms with Crippen LogP contribution < -0.4 is 26.2 Å². The van der Waals surface area contributed by atoms with Crippen molar-refractivity contribution in [3.8, 4) is 0 Å². The summed E-state index contributed by atoms with van der Waals surface area (Å²) in [5, 5.41) is 10.6. The van der Waals surface area contributed by atoms with Crippen LogP contribution in [0.2, 0.25) is 0 Å². The van der Waals surface area contributed by atoms with Gasteiger partial charge in [0.1, 0.15) is 42.3 Å². The maximum Gasteiger partial charge on any atom is 0.407 e. The number of alkyl carbamates (subject to hydrolysis) is 2. The Labute approximate surface area is 371 Å². The minimum absolute atomic E-state index is 0.208. The summed E-state index contributed by atoms with van der Waals surface area (Å²) in [4.78, 5) is 82.7. The van der Waals surface area contributed by atoms with Crippen molar-refractivity contribution in [3.63, 3.8) is 0 Å². The van der Waals surface area contributed by atoms with E-state index >= 15 is 0 Å². The molecule has 18 heteroatoms. The van der Waals surface area contributed by atoms with Gasteiger partial charge >= 0.3 is 12.2 Å². The number of likely N-dealkylation sites (tertiary alicyclic amines) is 2. The molecule has 6 atom stereocenters. The number of carbonyl (C=O) groups is 6. The summed E-state index contributed by atoms with van der Waals surface area (Å²) >= 11 is 0. The highest BCUT2D eigenvalue weighted by atomic mass is 19.1. The number of alkyl halides is 2. The first-order chi connectivity index (χ1) is 30.1. The molecule has 2 heterocycles. The smallest absolute Gasteiger partial charge is 0.407 e. The maximum absolute atomic E-state index is 14.8. The van der Waals surface area contributed by atoms with E-state index in [2.05, 4.69) is 30.7 Å². The largest absolute Gasteiger partial charge is 0.453 e. The minimum atomic E-state index is -1.44. The Kier molecular flexibility index (Phi) is 15.6. The van der Waals surface area contributed by atoms with Gasteiger partial charge in [-0.25, -0.2) is 22.8 Å². The summed E-state index contributed by atoms with van der Waals surface area (Å²) < 4.78 is 52.9. The second-order valence-corrected chi connectivity index (χ2v) is 18.3. The van der Waals surface area contributed by atoms with Crippen LogP contribution in [0.25, 0.3) is 0 Å². The molecule has 0 radical (unpaired) electrons. The molecule has 346 valence electrons. The summed E-state index contributed by atoms with van der Waals surface area (Å²) in [5.41, 5.74) is 1.64. The Morgan fingerprint density at radius 1 is 0.625 bits per heavy atom. The topological polar surface area (TPSA) is 179 Å². The molecule has 0 bridgehead atoms. The third-order valence-electron chi connectivity index (χ3n) is 11.2. The van der Waals surface area contributed by atoms with Crippen LogP contribution in [-0.2, 0) is 41.7 Å². The summed E-state index contributed by atoms with van der Waals surface area (Å²) in [6.07, 6.45) is -4.95. The molecule has 5 rings (SSSR count). The molecule has 0 saturated carbocycles. The van der Waals surface area contributed by atoms with E-state index in [0.717, 1.165) is 20.9 Å². The average molecular weight is 894 g/mol. The number of methoxy groups -OCH3 is 2. The first-order valence-electron chi connectivity index (χ1n) is 21.0. The van der Waals surface area contributed by atoms with E-state index in [-0.39, 0.29) is 25.9 Å². The van der Waals surface area contributed by atoms with Crippen molar-refractivity contribution >= 4 is 52.9 Å². The number of nitrogens with zero attached hydrogens (tertiary/aromatic N) is 3. The summed E-state index contributed by atoms with van der Waals surface area (Å²) in [7, 11) is 2.34. The fraction of sp³-hybridized carbons (Fsp3) is 0.478. The Balaban J connectivity index is 1.25. The zero-order valence-corrected chi connectivity index (χ0v) is 37.4. The van der Waals surface area contributed by atoms with E-state index < -0.39 is 89.0 Å². The SMILES string of the molecule is COC(=O)NC(C(=O)N1C[C@H](F)C[C@H]1C(=O)Nc1ccc(CN(Cc2ccc(NC(=O)[C@@H]3C[C@@H](F)CN3C(=O)[C@@H](NC(=O)OC)C(C)(C)C)cc2)c2ccc(F)cc2)cc1)C(C)(C)C. The van der Waals surface area contributed by atoms with Gasteiger partial charge in [0.05, 0.1) is 27.3 Å². The van der Waals surface area contributed by atoms with E-state index in [4.69, 9.17) is 0 Å². The lowest BCUT2D eigenvalue weighted by molar-refractivity contribution is -0.140. The molecule has 3 aromatic carbocycles. The highest BCUT2D eigenvalue weighted by Gasteiger charge is 2.47. The van der Waals surface area contributed by atoms with E-state index in [1.54, 1.807) is 102 Å². The van der Waals surface area contributed by atoms with E-state index in [9.17, 15) is 41.9 Å². The van der Waals surface area contributed by atoms with Crippen LogP contribution >= 0.6 is 0 Å². The van der Waals surface area contributed by atoms with Crippen molar-refractivity contribution in [3.05, 3.63) is 89.7 Å². The van der Waals surface area contributed by atoms with Gasteiger partial charge in [0.2, 0.25) is 23.6 Å². The molecule has 3 aromatic rings. The second-order valence-electron chi connectivity index (χ2n) is 18.3. The van der Waals surface area contributed by atoms with E-state index in [1.165, 1.54) is 26.4 Å². The van der Waals surface area contributed by atoms with Crippen molar-refractivity contribution in [1.29, 1.82) is 0 Å². The van der Waals surface area contributed by atoms with Gasteiger partial charge in [-0.3, -0.25) is 19.2 Å². The monoisotopic (exact) mass is 893 g/mol. The summed E-state index contributed by atoms with van der Waals surface area (Å²) in [6.45, 7) is 10.5. The van der Waals surface area contributed by atoms with Gasteiger partial charge in [0.25, 0.3) is 0 Å². The Morgan fingerprint density at radius 3 is 1.31 bits per heavy atom. The molecule has 2 aliphatic heterocycles. The molecule has 1 unspecified atom stereocenters. The van der Waals surface area contributed by atoms with Crippen molar-refractivity contribution in [1.82, 2.24) is 20.4 Å². The second kappa shape index (κ2) is 20.5. The van der Waals surface area contributed by atoms with Crippen LogP contribution in [0.3, 0.4) is 0 Å². The standard InChI is InChI=1S/C46H58F3N7O8/c1-45(2,3)37(52-43(61)63-7)41(59)55-25-30(48)21-35(55)39(57)50-32-15-9-27(10-16-32)23-54(34-19-13-29(47)14-20-34)24-28-11-17-33(18-12-28)51-40(58)36-22-31(49)26-56(36)42(60)38(46(4,5)6)53-44(62)64-8/h9-20,30-31,35-38H,21-26H2,1-8H3,(H,50,57)(H,51,58)(H,52,61)(H,53,62)/t30-,31-,35+,36+,37-,38?/m1/s1. The quantitative estimate of drug-likeness (QED) is 0.153. The van der Waals surface area contributed by atoms with Gasteiger partial charge in [-0.05, 0) is 70.5 Å². The highest BCUT2D eigenvalue weighted by molar-refractivity contribution is 6.00. The number of anilines is 3. The molecule has 0 aliphatic carbocycles. The average Bonchev–Trinajstić information content (AvgIpc) is 3.84. The number of rotatable bonds is 13. The van der Waals surface area contributed by atoms with Gasteiger partial charge in [-0.1, -0.05) is 65.8 Å². The molecule has 0 spiro atoms. The van der Waals surface area contributed by atoms with Gasteiger partial charge in [0.15, 0.2) is 0 Å². The lowest BCUT2D eigenvalue weighted by atomic mass is 9.85. The fourth-order valence-electron chi connectivity index (χ4n) is 7.71. The minimum Gasteiger partial charge on any atom is -0.453 e. The van der Waals surface area contributed by atoms with Crippen molar-refractivity contribution in [2.24, 2.45) is 10.8 Å². The Morgan fingerprint density at radius 2 is 0.984 bits per heavy atom. The molecule has 6 amide bonds. The Hall–Kier alpha value is -6.33. The van der Waals surface area contributed by atoms with Crippen LogP contribution in [0.5, 0.6) is 0 Å². The lowest BCUT2D eigenvalue weighted by Crippen LogP contribution is -2.57. The zero-order chi connectivity index (χ0) is 47.1.